The second kappa shape index (κ2) is 8.59. The van der Waals surface area contributed by atoms with Gasteiger partial charge in [-0.25, -0.2) is 19.6 Å². The molecule has 0 spiro atoms. The van der Waals surface area contributed by atoms with Gasteiger partial charge in [-0.2, -0.15) is 5.10 Å². The highest BCUT2D eigenvalue weighted by atomic mass is 16.1. The van der Waals surface area contributed by atoms with Crippen molar-refractivity contribution in [2.75, 3.05) is 11.1 Å². The summed E-state index contributed by atoms with van der Waals surface area (Å²) in [5, 5.41) is 8.46. The van der Waals surface area contributed by atoms with Gasteiger partial charge in [0.1, 0.15) is 23.7 Å². The summed E-state index contributed by atoms with van der Waals surface area (Å²) in [6.07, 6.45) is 6.97. The van der Waals surface area contributed by atoms with Crippen LogP contribution in [0.15, 0.2) is 48.9 Å². The van der Waals surface area contributed by atoms with Gasteiger partial charge in [-0.05, 0) is 62.4 Å². The van der Waals surface area contributed by atoms with Crippen molar-refractivity contribution in [1.29, 1.82) is 0 Å². The van der Waals surface area contributed by atoms with Crippen LogP contribution in [-0.4, -0.2) is 36.7 Å². The number of nitrogens with two attached hydrogens (primary N) is 2. The Balaban J connectivity index is 1.46. The number of aryl methyl sites for hydroxylation is 1. The van der Waals surface area contributed by atoms with Crippen molar-refractivity contribution in [3.63, 3.8) is 0 Å². The molecule has 1 aliphatic rings. The summed E-state index contributed by atoms with van der Waals surface area (Å²) >= 11 is 0. The molecular formula is C24H26N8O. The lowest BCUT2D eigenvalue weighted by atomic mass is 9.92. The number of aromatic nitrogens is 5. The molecule has 0 bridgehead atoms. The van der Waals surface area contributed by atoms with E-state index in [0.29, 0.717) is 22.9 Å². The van der Waals surface area contributed by atoms with Crippen LogP contribution in [0.25, 0.3) is 22.3 Å². The van der Waals surface area contributed by atoms with E-state index in [0.717, 1.165) is 47.8 Å². The number of anilines is 2. The number of benzene rings is 1. The first kappa shape index (κ1) is 21.0. The molecule has 1 aromatic carbocycles. The third-order valence-corrected chi connectivity index (χ3v) is 6.18. The van der Waals surface area contributed by atoms with Crippen molar-refractivity contribution in [2.45, 2.75) is 44.7 Å². The molecule has 1 saturated carbocycles. The molecule has 1 amide bonds. The fourth-order valence-corrected chi connectivity index (χ4v) is 4.37. The molecule has 0 atom stereocenters. The van der Waals surface area contributed by atoms with E-state index in [9.17, 15) is 4.79 Å². The van der Waals surface area contributed by atoms with Crippen molar-refractivity contribution in [3.05, 3.63) is 60.0 Å². The third-order valence-electron chi connectivity index (χ3n) is 6.18. The maximum Gasteiger partial charge on any atom is 0.256 e. The number of nitrogens with zero attached hydrogens (tertiary/aromatic N) is 5. The van der Waals surface area contributed by atoms with Crippen LogP contribution in [0.3, 0.4) is 0 Å². The molecule has 3 heterocycles. The highest BCUT2D eigenvalue weighted by Crippen LogP contribution is 2.35. The smallest absolute Gasteiger partial charge is 0.256 e. The van der Waals surface area contributed by atoms with Crippen LogP contribution < -0.4 is 16.8 Å². The zero-order valence-electron chi connectivity index (χ0n) is 18.4. The Morgan fingerprint density at radius 3 is 2.55 bits per heavy atom. The maximum atomic E-state index is 12.7. The molecule has 1 fully saturated rings. The number of fused-ring (bicyclic) bond motifs is 1. The van der Waals surface area contributed by atoms with Crippen molar-refractivity contribution in [1.82, 2.24) is 24.7 Å². The van der Waals surface area contributed by atoms with Gasteiger partial charge in [0, 0.05) is 23.4 Å². The number of carbonyl (C=O) groups is 1. The minimum atomic E-state index is -0.226. The zero-order valence-corrected chi connectivity index (χ0v) is 18.4. The highest BCUT2D eigenvalue weighted by Gasteiger charge is 2.25. The van der Waals surface area contributed by atoms with Gasteiger partial charge in [-0.15, -0.1) is 0 Å². The van der Waals surface area contributed by atoms with Crippen LogP contribution >= 0.6 is 0 Å². The van der Waals surface area contributed by atoms with Crippen LogP contribution in [-0.2, 0) is 0 Å². The standard InChI is InChI=1S/C24H26N8O/c1-14-10-11-27-19(12-14)30-24(33)16-4-2-15(3-5-16)21-20-22(26)28-13-29-23(20)32(31-21)18-8-6-17(25)7-9-18/h2-5,10-13,17-18H,6-9,25H2,1H3,(H2,26,28,29)(H,27,30,33). The molecule has 33 heavy (non-hydrogen) atoms. The van der Waals surface area contributed by atoms with E-state index in [2.05, 4.69) is 20.3 Å². The summed E-state index contributed by atoms with van der Waals surface area (Å²) in [7, 11) is 0. The lowest BCUT2D eigenvalue weighted by Gasteiger charge is -2.26. The summed E-state index contributed by atoms with van der Waals surface area (Å²) in [6, 6.07) is 11.5. The number of rotatable bonds is 4. The lowest BCUT2D eigenvalue weighted by molar-refractivity contribution is 0.102. The van der Waals surface area contributed by atoms with Gasteiger partial charge in [-0.3, -0.25) is 4.79 Å². The average Bonchev–Trinajstić information content (AvgIpc) is 3.21. The maximum absolute atomic E-state index is 12.7. The molecular weight excluding hydrogens is 416 g/mol. The van der Waals surface area contributed by atoms with Crippen LogP contribution in [0.1, 0.15) is 47.6 Å². The molecule has 0 unspecified atom stereocenters. The van der Waals surface area contributed by atoms with Crippen LogP contribution in [0.2, 0.25) is 0 Å². The molecule has 0 aliphatic heterocycles. The normalized spacial score (nSPS) is 18.4. The van der Waals surface area contributed by atoms with Gasteiger partial charge in [0.2, 0.25) is 0 Å². The predicted octanol–water partition coefficient (Wildman–Crippen LogP) is 3.47. The van der Waals surface area contributed by atoms with Crippen molar-refractivity contribution in [3.8, 4) is 11.3 Å². The topological polar surface area (TPSA) is 138 Å². The Hall–Kier alpha value is -3.85. The van der Waals surface area contributed by atoms with E-state index < -0.39 is 0 Å². The molecule has 3 aromatic heterocycles. The molecule has 9 heteroatoms. The summed E-state index contributed by atoms with van der Waals surface area (Å²) in [5.41, 5.74) is 16.2. The minimum Gasteiger partial charge on any atom is -0.383 e. The van der Waals surface area contributed by atoms with E-state index in [4.69, 9.17) is 16.6 Å². The number of amides is 1. The third kappa shape index (κ3) is 4.14. The van der Waals surface area contributed by atoms with E-state index >= 15 is 0 Å². The van der Waals surface area contributed by atoms with E-state index in [1.807, 2.05) is 35.9 Å². The van der Waals surface area contributed by atoms with Gasteiger partial charge in [0.15, 0.2) is 5.65 Å². The van der Waals surface area contributed by atoms with Gasteiger partial charge in [0.05, 0.1) is 11.4 Å². The first-order valence-electron chi connectivity index (χ1n) is 11.1. The first-order chi connectivity index (χ1) is 16.0. The molecule has 5 rings (SSSR count). The average molecular weight is 443 g/mol. The fraction of sp³-hybridized carbons (Fsp3) is 0.292. The monoisotopic (exact) mass is 442 g/mol. The predicted molar refractivity (Wildman–Crippen MR) is 128 cm³/mol. The van der Waals surface area contributed by atoms with Gasteiger partial charge in [-0.1, -0.05) is 12.1 Å². The number of nitrogen functional groups attached to an aromatic ring is 1. The Morgan fingerprint density at radius 1 is 1.06 bits per heavy atom. The van der Waals surface area contributed by atoms with E-state index in [1.165, 1.54) is 6.33 Å². The molecule has 4 aromatic rings. The van der Waals surface area contributed by atoms with Crippen LogP contribution in [0.5, 0.6) is 0 Å². The van der Waals surface area contributed by atoms with Crippen molar-refractivity contribution >= 4 is 28.6 Å². The second-order valence-corrected chi connectivity index (χ2v) is 8.57. The van der Waals surface area contributed by atoms with E-state index in [1.54, 1.807) is 18.3 Å². The summed E-state index contributed by atoms with van der Waals surface area (Å²) in [6.45, 7) is 1.95. The quantitative estimate of drug-likeness (QED) is 0.440. The van der Waals surface area contributed by atoms with Crippen LogP contribution in [0, 0.1) is 6.92 Å². The molecule has 168 valence electrons. The minimum absolute atomic E-state index is 0.224. The number of carbonyl (C=O) groups excluding carboxylic acids is 1. The van der Waals surface area contributed by atoms with E-state index in [-0.39, 0.29) is 18.0 Å². The Morgan fingerprint density at radius 2 is 1.82 bits per heavy atom. The lowest BCUT2D eigenvalue weighted by Crippen LogP contribution is -2.28. The van der Waals surface area contributed by atoms with Gasteiger partial charge >= 0.3 is 0 Å². The van der Waals surface area contributed by atoms with Crippen molar-refractivity contribution < 1.29 is 4.79 Å². The molecule has 0 saturated heterocycles. The first-order valence-corrected chi connectivity index (χ1v) is 11.1. The second-order valence-electron chi connectivity index (χ2n) is 8.57. The number of hydrogen-bond donors (Lipinski definition) is 3. The Bertz CT molecular complexity index is 1310. The van der Waals surface area contributed by atoms with Crippen molar-refractivity contribution in [2.24, 2.45) is 5.73 Å². The van der Waals surface area contributed by atoms with Crippen LogP contribution in [0.4, 0.5) is 11.6 Å². The Kier molecular flexibility index (Phi) is 5.47. The molecule has 1 aliphatic carbocycles. The summed E-state index contributed by atoms with van der Waals surface area (Å²) in [4.78, 5) is 25.5. The zero-order chi connectivity index (χ0) is 22.9. The molecule has 0 radical (unpaired) electrons. The summed E-state index contributed by atoms with van der Waals surface area (Å²) in [5.74, 6) is 0.684. The Labute approximate surface area is 191 Å². The largest absolute Gasteiger partial charge is 0.383 e. The number of nitrogens with one attached hydrogen (secondary N) is 1. The molecule has 5 N–H and O–H groups in total. The number of pyridine rings is 1. The van der Waals surface area contributed by atoms with Gasteiger partial charge in [0.25, 0.3) is 5.91 Å². The number of hydrogen-bond acceptors (Lipinski definition) is 7. The van der Waals surface area contributed by atoms with Gasteiger partial charge < -0.3 is 16.8 Å². The molecule has 9 nitrogen and oxygen atoms in total. The highest BCUT2D eigenvalue weighted by molar-refractivity contribution is 6.04. The summed E-state index contributed by atoms with van der Waals surface area (Å²) < 4.78 is 1.97. The fourth-order valence-electron chi connectivity index (χ4n) is 4.37. The SMILES string of the molecule is Cc1ccnc(NC(=O)c2ccc(-c3nn(C4CCC(N)CC4)c4ncnc(N)c34)cc2)c1.